The molecule has 0 atom stereocenters. The lowest BCUT2D eigenvalue weighted by atomic mass is 10.4. The molecule has 7 heteroatoms. The molecular formula is C15H21N3O3S. The molecule has 0 saturated carbocycles. The number of aromatic nitrogens is 3. The van der Waals surface area contributed by atoms with Crippen LogP contribution in [0.3, 0.4) is 0 Å². The molecule has 0 aromatic carbocycles. The molecule has 0 saturated heterocycles. The van der Waals surface area contributed by atoms with Crippen LogP contribution in [0.5, 0.6) is 0 Å². The van der Waals surface area contributed by atoms with E-state index in [-0.39, 0.29) is 6.29 Å². The number of furan rings is 1. The van der Waals surface area contributed by atoms with Crippen molar-refractivity contribution in [1.29, 1.82) is 0 Å². The average Bonchev–Trinajstić information content (AvgIpc) is 3.15. The molecule has 2 heterocycles. The predicted molar refractivity (Wildman–Crippen MR) is 85.7 cm³/mol. The highest BCUT2D eigenvalue weighted by molar-refractivity contribution is 7.99. The van der Waals surface area contributed by atoms with Crippen molar-refractivity contribution in [2.45, 2.75) is 31.8 Å². The van der Waals surface area contributed by atoms with Crippen molar-refractivity contribution >= 4 is 11.8 Å². The molecule has 0 unspecified atom stereocenters. The van der Waals surface area contributed by atoms with Crippen molar-refractivity contribution in [2.75, 3.05) is 19.0 Å². The second-order valence-corrected chi connectivity index (χ2v) is 5.32. The Morgan fingerprint density at radius 1 is 1.36 bits per heavy atom. The summed E-state index contributed by atoms with van der Waals surface area (Å²) >= 11 is 1.54. The third kappa shape index (κ3) is 4.22. The fourth-order valence-corrected chi connectivity index (χ4v) is 2.83. The highest BCUT2D eigenvalue weighted by atomic mass is 32.2. The minimum Gasteiger partial charge on any atom is -0.461 e. The van der Waals surface area contributed by atoms with E-state index in [1.54, 1.807) is 18.0 Å². The van der Waals surface area contributed by atoms with Crippen LogP contribution in [0.2, 0.25) is 0 Å². The zero-order chi connectivity index (χ0) is 15.8. The Labute approximate surface area is 134 Å². The minimum atomic E-state index is -0.249. The van der Waals surface area contributed by atoms with Crippen LogP contribution in [-0.4, -0.2) is 40.0 Å². The van der Waals surface area contributed by atoms with Crippen molar-refractivity contribution in [2.24, 2.45) is 0 Å². The van der Waals surface area contributed by atoms with E-state index in [2.05, 4.69) is 16.8 Å². The van der Waals surface area contributed by atoms with Crippen molar-refractivity contribution in [3.05, 3.63) is 31.1 Å². The van der Waals surface area contributed by atoms with Crippen LogP contribution < -0.4 is 0 Å². The zero-order valence-electron chi connectivity index (χ0n) is 12.9. The number of allylic oxidation sites excluding steroid dienone is 1. The standard InChI is InChI=1S/C15H21N3O3S/c1-4-9-18-14(12-8-7-10-21-12)16-17-15(18)22-11-13(19-5-2)20-6-3/h4,7-8,10,13H,1,5-6,9,11H2,2-3H3. The molecule has 0 aliphatic rings. The first-order valence-electron chi connectivity index (χ1n) is 7.24. The predicted octanol–water partition coefficient (Wildman–Crippen LogP) is 3.22. The number of hydrogen-bond acceptors (Lipinski definition) is 6. The van der Waals surface area contributed by atoms with Crippen molar-refractivity contribution < 1.29 is 13.9 Å². The monoisotopic (exact) mass is 323 g/mol. The fraction of sp³-hybridized carbons (Fsp3) is 0.467. The van der Waals surface area contributed by atoms with Crippen LogP contribution in [0.15, 0.2) is 40.6 Å². The van der Waals surface area contributed by atoms with E-state index in [1.807, 2.05) is 36.6 Å². The lowest BCUT2D eigenvalue weighted by molar-refractivity contribution is -0.120. The molecule has 0 aliphatic heterocycles. The Kier molecular flexibility index (Phi) is 6.70. The summed E-state index contributed by atoms with van der Waals surface area (Å²) < 4.78 is 18.5. The van der Waals surface area contributed by atoms with Gasteiger partial charge in [-0.15, -0.1) is 16.8 Å². The first-order valence-corrected chi connectivity index (χ1v) is 8.22. The number of hydrogen-bond donors (Lipinski definition) is 0. The van der Waals surface area contributed by atoms with Crippen LogP contribution in [0.25, 0.3) is 11.6 Å². The molecule has 6 nitrogen and oxygen atoms in total. The van der Waals surface area contributed by atoms with Crippen LogP contribution in [0.1, 0.15) is 13.8 Å². The molecular weight excluding hydrogens is 302 g/mol. The first-order chi connectivity index (χ1) is 10.8. The summed E-state index contributed by atoms with van der Waals surface area (Å²) in [4.78, 5) is 0. The third-order valence-corrected chi connectivity index (χ3v) is 3.82. The van der Waals surface area contributed by atoms with Gasteiger partial charge in [-0.3, -0.25) is 4.57 Å². The van der Waals surface area contributed by atoms with Crippen LogP contribution in [0, 0.1) is 0 Å². The van der Waals surface area contributed by atoms with Gasteiger partial charge >= 0.3 is 0 Å². The fourth-order valence-electron chi connectivity index (χ4n) is 1.94. The summed E-state index contributed by atoms with van der Waals surface area (Å²) in [5, 5.41) is 9.24. The van der Waals surface area contributed by atoms with E-state index in [0.29, 0.717) is 37.1 Å². The maximum atomic E-state index is 5.54. The van der Waals surface area contributed by atoms with E-state index in [1.165, 1.54) is 0 Å². The minimum absolute atomic E-state index is 0.249. The molecule has 0 radical (unpaired) electrons. The molecule has 2 rings (SSSR count). The Bertz CT molecular complexity index is 563. The maximum absolute atomic E-state index is 5.54. The van der Waals surface area contributed by atoms with Gasteiger partial charge in [-0.05, 0) is 26.0 Å². The summed E-state index contributed by atoms with van der Waals surface area (Å²) in [6.45, 7) is 9.53. The average molecular weight is 323 g/mol. The summed E-state index contributed by atoms with van der Waals surface area (Å²) in [6.07, 6.45) is 3.18. The molecule has 0 amide bonds. The number of ether oxygens (including phenoxy) is 2. The van der Waals surface area contributed by atoms with Gasteiger partial charge in [0.15, 0.2) is 17.2 Å². The summed E-state index contributed by atoms with van der Waals surface area (Å²) in [7, 11) is 0. The Balaban J connectivity index is 2.11. The van der Waals surface area contributed by atoms with Gasteiger partial charge < -0.3 is 13.9 Å². The zero-order valence-corrected chi connectivity index (χ0v) is 13.7. The van der Waals surface area contributed by atoms with E-state index >= 15 is 0 Å². The van der Waals surface area contributed by atoms with Crippen LogP contribution in [0.4, 0.5) is 0 Å². The van der Waals surface area contributed by atoms with Crippen molar-refractivity contribution in [1.82, 2.24) is 14.8 Å². The highest BCUT2D eigenvalue weighted by Gasteiger charge is 2.17. The van der Waals surface area contributed by atoms with Gasteiger partial charge in [-0.25, -0.2) is 0 Å². The van der Waals surface area contributed by atoms with Gasteiger partial charge in [-0.2, -0.15) is 0 Å². The van der Waals surface area contributed by atoms with Crippen molar-refractivity contribution in [3.8, 4) is 11.6 Å². The normalized spacial score (nSPS) is 11.2. The molecule has 0 N–H and O–H groups in total. The molecule has 0 spiro atoms. The number of nitrogens with zero attached hydrogens (tertiary/aromatic N) is 3. The summed E-state index contributed by atoms with van der Waals surface area (Å²) in [5.74, 6) is 2.03. The highest BCUT2D eigenvalue weighted by Crippen LogP contribution is 2.25. The Morgan fingerprint density at radius 3 is 2.73 bits per heavy atom. The van der Waals surface area contributed by atoms with E-state index in [4.69, 9.17) is 13.9 Å². The molecule has 0 aliphatic carbocycles. The maximum Gasteiger partial charge on any atom is 0.200 e. The molecule has 120 valence electrons. The largest absolute Gasteiger partial charge is 0.461 e. The van der Waals surface area contributed by atoms with Gasteiger partial charge in [0.25, 0.3) is 0 Å². The Hall–Kier alpha value is -1.57. The van der Waals surface area contributed by atoms with Crippen molar-refractivity contribution in [3.63, 3.8) is 0 Å². The molecule has 2 aromatic rings. The van der Waals surface area contributed by atoms with Gasteiger partial charge in [0.2, 0.25) is 5.82 Å². The second-order valence-electron chi connectivity index (χ2n) is 4.33. The number of thioether (sulfide) groups is 1. The smallest absolute Gasteiger partial charge is 0.200 e. The SMILES string of the molecule is C=CCn1c(SCC(OCC)OCC)nnc1-c1ccco1. The van der Waals surface area contributed by atoms with E-state index in [9.17, 15) is 0 Å². The number of rotatable bonds is 10. The molecule has 0 bridgehead atoms. The lowest BCUT2D eigenvalue weighted by Crippen LogP contribution is -2.20. The molecule has 0 fully saturated rings. The van der Waals surface area contributed by atoms with Crippen LogP contribution >= 0.6 is 11.8 Å². The lowest BCUT2D eigenvalue weighted by Gasteiger charge is -2.16. The molecule has 2 aromatic heterocycles. The summed E-state index contributed by atoms with van der Waals surface area (Å²) in [5.41, 5.74) is 0. The van der Waals surface area contributed by atoms with E-state index in [0.717, 1.165) is 5.16 Å². The van der Waals surface area contributed by atoms with Gasteiger partial charge in [0, 0.05) is 19.8 Å². The summed E-state index contributed by atoms with van der Waals surface area (Å²) in [6, 6.07) is 3.69. The van der Waals surface area contributed by atoms with Gasteiger partial charge in [0.05, 0.1) is 12.0 Å². The molecule has 22 heavy (non-hydrogen) atoms. The van der Waals surface area contributed by atoms with Crippen LogP contribution in [-0.2, 0) is 16.0 Å². The Morgan fingerprint density at radius 2 is 2.14 bits per heavy atom. The first kappa shape index (κ1) is 16.8. The van der Waals surface area contributed by atoms with Gasteiger partial charge in [-0.1, -0.05) is 17.8 Å². The third-order valence-electron chi connectivity index (χ3n) is 2.82. The van der Waals surface area contributed by atoms with Gasteiger partial charge in [0.1, 0.15) is 0 Å². The second kappa shape index (κ2) is 8.77. The van der Waals surface area contributed by atoms with E-state index < -0.39 is 0 Å². The topological polar surface area (TPSA) is 62.3 Å². The quantitative estimate of drug-likeness (QED) is 0.380.